The van der Waals surface area contributed by atoms with Crippen molar-refractivity contribution in [1.82, 2.24) is 4.90 Å². The first-order valence-corrected chi connectivity index (χ1v) is 6.39. The Bertz CT molecular complexity index is 470. The second-order valence-corrected chi connectivity index (χ2v) is 5.10. The first-order valence-electron chi connectivity index (χ1n) is 6.39. The number of benzene rings is 1. The highest BCUT2D eigenvalue weighted by Crippen LogP contribution is 2.22. The molecule has 1 aromatic rings. The minimum atomic E-state index is -0.248. The van der Waals surface area contributed by atoms with Crippen molar-refractivity contribution < 1.29 is 4.79 Å². The second-order valence-electron chi connectivity index (χ2n) is 5.10. The van der Waals surface area contributed by atoms with E-state index in [1.165, 1.54) is 5.56 Å². The van der Waals surface area contributed by atoms with Gasteiger partial charge in [0, 0.05) is 13.0 Å². The summed E-state index contributed by atoms with van der Waals surface area (Å²) in [5.41, 5.74) is 2.39. The summed E-state index contributed by atoms with van der Waals surface area (Å²) < 4.78 is 0. The summed E-state index contributed by atoms with van der Waals surface area (Å²) in [6.45, 7) is 4.87. The Hall–Kier alpha value is -1.82. The average Bonchev–Trinajstić information content (AvgIpc) is 2.71. The molecular weight excluding hydrogens is 224 g/mol. The Morgan fingerprint density at radius 2 is 2.06 bits per heavy atom. The van der Waals surface area contributed by atoms with Crippen LogP contribution in [0.15, 0.2) is 24.3 Å². The third kappa shape index (κ3) is 2.53. The van der Waals surface area contributed by atoms with E-state index in [1.807, 2.05) is 0 Å². The van der Waals surface area contributed by atoms with Gasteiger partial charge in [0.1, 0.15) is 6.04 Å². The smallest absolute Gasteiger partial charge is 0.224 e. The largest absolute Gasteiger partial charge is 0.322 e. The monoisotopic (exact) mass is 242 g/mol. The lowest BCUT2D eigenvalue weighted by molar-refractivity contribution is -0.128. The van der Waals surface area contributed by atoms with Crippen LogP contribution >= 0.6 is 0 Å². The molecule has 1 aliphatic heterocycles. The zero-order chi connectivity index (χ0) is 13.1. The van der Waals surface area contributed by atoms with E-state index in [0.717, 1.165) is 5.56 Å². The molecule has 1 aromatic carbocycles. The summed E-state index contributed by atoms with van der Waals surface area (Å²) in [6, 6.07) is 10.3. The van der Waals surface area contributed by atoms with Crippen molar-refractivity contribution in [2.75, 3.05) is 0 Å². The maximum Gasteiger partial charge on any atom is 0.224 e. The summed E-state index contributed by atoms with van der Waals surface area (Å²) >= 11 is 0. The Morgan fingerprint density at radius 3 is 2.61 bits per heavy atom. The highest BCUT2D eigenvalue weighted by atomic mass is 16.2. The van der Waals surface area contributed by atoms with Gasteiger partial charge in [-0.15, -0.1) is 0 Å². The van der Waals surface area contributed by atoms with Crippen LogP contribution in [-0.4, -0.2) is 16.8 Å². The van der Waals surface area contributed by atoms with Gasteiger partial charge in [-0.1, -0.05) is 38.1 Å². The van der Waals surface area contributed by atoms with Gasteiger partial charge < -0.3 is 4.90 Å². The van der Waals surface area contributed by atoms with E-state index in [9.17, 15) is 4.79 Å². The van der Waals surface area contributed by atoms with E-state index in [-0.39, 0.29) is 11.9 Å². The molecule has 1 heterocycles. The van der Waals surface area contributed by atoms with Crippen LogP contribution in [0.2, 0.25) is 0 Å². The quantitative estimate of drug-likeness (QED) is 0.818. The van der Waals surface area contributed by atoms with Crippen molar-refractivity contribution in [1.29, 1.82) is 5.26 Å². The van der Waals surface area contributed by atoms with Crippen molar-refractivity contribution in [2.45, 2.75) is 45.2 Å². The molecule has 1 unspecified atom stereocenters. The van der Waals surface area contributed by atoms with Gasteiger partial charge in [0.05, 0.1) is 6.07 Å². The van der Waals surface area contributed by atoms with Gasteiger partial charge in [0.25, 0.3) is 0 Å². The van der Waals surface area contributed by atoms with Gasteiger partial charge in [-0.05, 0) is 23.5 Å². The lowest BCUT2D eigenvalue weighted by Crippen LogP contribution is -2.31. The summed E-state index contributed by atoms with van der Waals surface area (Å²) in [7, 11) is 0. The Balaban J connectivity index is 2.09. The fourth-order valence-electron chi connectivity index (χ4n) is 2.27. The molecule has 0 N–H and O–H groups in total. The maximum absolute atomic E-state index is 11.7. The average molecular weight is 242 g/mol. The molecule has 0 bridgehead atoms. The highest BCUT2D eigenvalue weighted by Gasteiger charge is 2.30. The molecule has 18 heavy (non-hydrogen) atoms. The Labute approximate surface area is 108 Å². The van der Waals surface area contributed by atoms with Gasteiger partial charge >= 0.3 is 0 Å². The van der Waals surface area contributed by atoms with E-state index in [4.69, 9.17) is 5.26 Å². The standard InChI is InChI=1S/C15H18N2O/c1-11(2)13-5-3-12(4-6-13)10-17-14(9-16)7-8-15(17)18/h3-6,11,14H,7-8,10H2,1-2H3. The molecule has 1 saturated heterocycles. The first-order chi connectivity index (χ1) is 8.61. The molecule has 0 saturated carbocycles. The van der Waals surface area contributed by atoms with E-state index >= 15 is 0 Å². The summed E-state index contributed by atoms with van der Waals surface area (Å²) in [5, 5.41) is 9.01. The van der Waals surface area contributed by atoms with E-state index < -0.39 is 0 Å². The number of hydrogen-bond acceptors (Lipinski definition) is 2. The van der Waals surface area contributed by atoms with Crippen molar-refractivity contribution in [3.8, 4) is 6.07 Å². The molecule has 3 heteroatoms. The van der Waals surface area contributed by atoms with Crippen LogP contribution in [0.1, 0.15) is 43.7 Å². The second kappa shape index (κ2) is 5.22. The molecule has 1 fully saturated rings. The first kappa shape index (κ1) is 12.6. The maximum atomic E-state index is 11.7. The van der Waals surface area contributed by atoms with Gasteiger partial charge in [-0.3, -0.25) is 4.79 Å². The molecule has 0 aliphatic carbocycles. The third-order valence-corrected chi connectivity index (χ3v) is 3.48. The predicted molar refractivity (Wildman–Crippen MR) is 69.7 cm³/mol. The fourth-order valence-corrected chi connectivity index (χ4v) is 2.27. The minimum absolute atomic E-state index is 0.0921. The van der Waals surface area contributed by atoms with Crippen LogP contribution in [0, 0.1) is 11.3 Å². The zero-order valence-electron chi connectivity index (χ0n) is 10.9. The number of nitrogens with zero attached hydrogens (tertiary/aromatic N) is 2. The van der Waals surface area contributed by atoms with Crippen LogP contribution < -0.4 is 0 Å². The molecule has 94 valence electrons. The molecule has 2 rings (SSSR count). The molecule has 1 amide bonds. The van der Waals surface area contributed by atoms with Crippen LogP contribution in [-0.2, 0) is 11.3 Å². The number of amides is 1. The van der Waals surface area contributed by atoms with Crippen molar-refractivity contribution in [2.24, 2.45) is 0 Å². The summed E-state index contributed by atoms with van der Waals surface area (Å²) in [4.78, 5) is 13.4. The van der Waals surface area contributed by atoms with Gasteiger partial charge in [-0.2, -0.15) is 5.26 Å². The third-order valence-electron chi connectivity index (χ3n) is 3.48. The molecule has 0 radical (unpaired) electrons. The highest BCUT2D eigenvalue weighted by molar-refractivity contribution is 5.79. The fraction of sp³-hybridized carbons (Fsp3) is 0.467. The lowest BCUT2D eigenvalue weighted by Gasteiger charge is -2.20. The normalized spacial score (nSPS) is 19.3. The zero-order valence-corrected chi connectivity index (χ0v) is 10.9. The number of likely N-dealkylation sites (tertiary alicyclic amines) is 1. The Morgan fingerprint density at radius 1 is 1.39 bits per heavy atom. The van der Waals surface area contributed by atoms with Crippen molar-refractivity contribution >= 4 is 5.91 Å². The van der Waals surface area contributed by atoms with E-state index in [1.54, 1.807) is 4.90 Å². The van der Waals surface area contributed by atoms with Crippen molar-refractivity contribution in [3.63, 3.8) is 0 Å². The van der Waals surface area contributed by atoms with Gasteiger partial charge in [-0.25, -0.2) is 0 Å². The molecule has 0 aromatic heterocycles. The van der Waals surface area contributed by atoms with Crippen LogP contribution in [0.5, 0.6) is 0 Å². The SMILES string of the molecule is CC(C)c1ccc(CN2C(=O)CCC2C#N)cc1. The lowest BCUT2D eigenvalue weighted by atomic mass is 10.0. The number of hydrogen-bond donors (Lipinski definition) is 0. The summed E-state index contributed by atoms with van der Waals surface area (Å²) in [5.74, 6) is 0.605. The molecular formula is C15H18N2O. The molecule has 1 atom stereocenters. The molecule has 3 nitrogen and oxygen atoms in total. The Kier molecular flexibility index (Phi) is 3.66. The van der Waals surface area contributed by atoms with Gasteiger partial charge in [0.15, 0.2) is 0 Å². The van der Waals surface area contributed by atoms with E-state index in [2.05, 4.69) is 44.2 Å². The predicted octanol–water partition coefficient (Wildman–Crippen LogP) is 2.82. The molecule has 0 spiro atoms. The number of rotatable bonds is 3. The number of carbonyl (C=O) groups excluding carboxylic acids is 1. The molecule has 1 aliphatic rings. The number of nitriles is 1. The van der Waals surface area contributed by atoms with E-state index in [0.29, 0.717) is 25.3 Å². The van der Waals surface area contributed by atoms with Gasteiger partial charge in [0.2, 0.25) is 5.91 Å². The topological polar surface area (TPSA) is 44.1 Å². The number of carbonyl (C=O) groups is 1. The van der Waals surface area contributed by atoms with Crippen molar-refractivity contribution in [3.05, 3.63) is 35.4 Å². The van der Waals surface area contributed by atoms with Crippen LogP contribution in [0.4, 0.5) is 0 Å². The summed E-state index contributed by atoms with van der Waals surface area (Å²) in [6.07, 6.45) is 1.17. The minimum Gasteiger partial charge on any atom is -0.322 e. The van der Waals surface area contributed by atoms with Crippen LogP contribution in [0.25, 0.3) is 0 Å². The van der Waals surface area contributed by atoms with Crippen LogP contribution in [0.3, 0.4) is 0 Å².